The van der Waals surface area contributed by atoms with Gasteiger partial charge in [0.2, 0.25) is 0 Å². The summed E-state index contributed by atoms with van der Waals surface area (Å²) in [6.45, 7) is 3.79. The van der Waals surface area contributed by atoms with Crippen LogP contribution in [0.25, 0.3) is 0 Å². The molecule has 0 saturated carbocycles. The van der Waals surface area contributed by atoms with E-state index in [4.69, 9.17) is 4.74 Å². The first-order valence-corrected chi connectivity index (χ1v) is 5.59. The Morgan fingerprint density at radius 2 is 2.40 bits per heavy atom. The minimum atomic E-state index is -0.133. The van der Waals surface area contributed by atoms with Crippen molar-refractivity contribution in [3.63, 3.8) is 0 Å². The molecule has 1 heterocycles. The molecule has 0 aromatic carbocycles. The van der Waals surface area contributed by atoms with Gasteiger partial charge in [0, 0.05) is 18.0 Å². The minimum absolute atomic E-state index is 0. The molecule has 0 aliphatic heterocycles. The third-order valence-electron chi connectivity index (χ3n) is 1.69. The molecule has 0 bridgehead atoms. The van der Waals surface area contributed by atoms with E-state index in [0.29, 0.717) is 19.6 Å². The standard InChI is InChI=1S/C10H15NO2S.ClH/c1-2-13-10(12)5-6-11-8-9-4-3-7-14-9;/h3-4,7,11H,2,5-6,8H2,1H3;1H. The topological polar surface area (TPSA) is 38.3 Å². The summed E-state index contributed by atoms with van der Waals surface area (Å²) in [5, 5.41) is 5.23. The summed E-state index contributed by atoms with van der Waals surface area (Å²) < 4.78 is 4.80. The van der Waals surface area contributed by atoms with Crippen molar-refractivity contribution in [2.24, 2.45) is 0 Å². The zero-order valence-electron chi connectivity index (χ0n) is 8.69. The number of rotatable bonds is 6. The number of halogens is 1. The first kappa shape index (κ1) is 14.4. The number of hydrogen-bond acceptors (Lipinski definition) is 4. The van der Waals surface area contributed by atoms with Crippen LogP contribution in [0.15, 0.2) is 17.5 Å². The van der Waals surface area contributed by atoms with Crippen LogP contribution in [0.5, 0.6) is 0 Å². The summed E-state index contributed by atoms with van der Waals surface area (Å²) in [5.41, 5.74) is 0. The lowest BCUT2D eigenvalue weighted by atomic mass is 10.4. The lowest BCUT2D eigenvalue weighted by molar-refractivity contribution is -0.142. The highest BCUT2D eigenvalue weighted by atomic mass is 35.5. The van der Waals surface area contributed by atoms with Gasteiger partial charge in [-0.25, -0.2) is 0 Å². The molecule has 5 heteroatoms. The van der Waals surface area contributed by atoms with Crippen molar-refractivity contribution in [2.75, 3.05) is 13.2 Å². The number of thiophene rings is 1. The van der Waals surface area contributed by atoms with Crippen molar-refractivity contribution in [3.05, 3.63) is 22.4 Å². The third kappa shape index (κ3) is 6.49. The molecule has 1 aromatic heterocycles. The maximum atomic E-state index is 10.9. The highest BCUT2D eigenvalue weighted by molar-refractivity contribution is 7.09. The Morgan fingerprint density at radius 3 is 3.00 bits per heavy atom. The summed E-state index contributed by atoms with van der Waals surface area (Å²) in [6, 6.07) is 4.09. The predicted octanol–water partition coefficient (Wildman–Crippen LogP) is 2.21. The third-order valence-corrected chi connectivity index (χ3v) is 2.57. The average molecular weight is 250 g/mol. The van der Waals surface area contributed by atoms with Crippen molar-refractivity contribution in [1.29, 1.82) is 0 Å². The molecule has 15 heavy (non-hydrogen) atoms. The molecule has 86 valence electrons. The first-order chi connectivity index (χ1) is 6.83. The van der Waals surface area contributed by atoms with Gasteiger partial charge in [-0.15, -0.1) is 23.7 Å². The molecular formula is C10H16ClNO2S. The molecule has 0 aliphatic carbocycles. The second-order valence-corrected chi connectivity index (χ2v) is 3.84. The smallest absolute Gasteiger partial charge is 0.307 e. The first-order valence-electron chi connectivity index (χ1n) is 4.71. The maximum Gasteiger partial charge on any atom is 0.307 e. The fraction of sp³-hybridized carbons (Fsp3) is 0.500. The average Bonchev–Trinajstić information content (AvgIpc) is 2.65. The normalized spacial score (nSPS) is 9.40. The molecule has 1 aromatic rings. The van der Waals surface area contributed by atoms with Gasteiger partial charge in [0.1, 0.15) is 0 Å². The zero-order valence-corrected chi connectivity index (χ0v) is 10.3. The lowest BCUT2D eigenvalue weighted by Gasteiger charge is -2.02. The second-order valence-electron chi connectivity index (χ2n) is 2.81. The van der Waals surface area contributed by atoms with E-state index in [0.717, 1.165) is 6.54 Å². The molecule has 0 fully saturated rings. The van der Waals surface area contributed by atoms with E-state index in [1.807, 2.05) is 18.4 Å². The van der Waals surface area contributed by atoms with Gasteiger partial charge >= 0.3 is 5.97 Å². The van der Waals surface area contributed by atoms with Crippen molar-refractivity contribution >= 4 is 29.7 Å². The molecule has 3 nitrogen and oxygen atoms in total. The van der Waals surface area contributed by atoms with E-state index in [1.54, 1.807) is 11.3 Å². The molecule has 0 saturated heterocycles. The molecule has 1 N–H and O–H groups in total. The molecule has 0 unspecified atom stereocenters. The molecule has 0 radical (unpaired) electrons. The highest BCUT2D eigenvalue weighted by Gasteiger charge is 2.00. The van der Waals surface area contributed by atoms with Crippen LogP contribution in [0, 0.1) is 0 Å². The summed E-state index contributed by atoms with van der Waals surface area (Å²) in [6.07, 6.45) is 0.444. The predicted molar refractivity (Wildman–Crippen MR) is 64.5 cm³/mol. The summed E-state index contributed by atoms with van der Waals surface area (Å²) in [4.78, 5) is 12.2. The van der Waals surface area contributed by atoms with Crippen molar-refractivity contribution < 1.29 is 9.53 Å². The van der Waals surface area contributed by atoms with Gasteiger partial charge in [0.25, 0.3) is 0 Å². The zero-order chi connectivity index (χ0) is 10.2. The molecule has 0 amide bonds. The van der Waals surface area contributed by atoms with Crippen molar-refractivity contribution in [1.82, 2.24) is 5.32 Å². The monoisotopic (exact) mass is 249 g/mol. The SMILES string of the molecule is CCOC(=O)CCNCc1cccs1.Cl. The molecule has 1 rings (SSSR count). The van der Waals surface area contributed by atoms with E-state index in [9.17, 15) is 4.79 Å². The van der Waals surface area contributed by atoms with Crippen LogP contribution >= 0.6 is 23.7 Å². The molecule has 0 aliphatic rings. The van der Waals surface area contributed by atoms with Gasteiger partial charge < -0.3 is 10.1 Å². The Labute approximate surface area is 100 Å². The van der Waals surface area contributed by atoms with Crippen LogP contribution < -0.4 is 5.32 Å². The van der Waals surface area contributed by atoms with Gasteiger partial charge in [-0.2, -0.15) is 0 Å². The molecule has 0 spiro atoms. The number of nitrogens with one attached hydrogen (secondary N) is 1. The Hall–Kier alpha value is -0.580. The Balaban J connectivity index is 0.00000196. The minimum Gasteiger partial charge on any atom is -0.466 e. The van der Waals surface area contributed by atoms with Crippen LogP contribution in [0.1, 0.15) is 18.2 Å². The molecule has 0 atom stereocenters. The summed E-state index contributed by atoms with van der Waals surface area (Å²) in [5.74, 6) is -0.133. The number of hydrogen-bond donors (Lipinski definition) is 1. The van der Waals surface area contributed by atoms with E-state index >= 15 is 0 Å². The molecular weight excluding hydrogens is 234 g/mol. The summed E-state index contributed by atoms with van der Waals surface area (Å²) in [7, 11) is 0. The fourth-order valence-electron chi connectivity index (χ4n) is 1.05. The van der Waals surface area contributed by atoms with Crippen molar-refractivity contribution in [3.8, 4) is 0 Å². The van der Waals surface area contributed by atoms with Crippen LogP contribution in [-0.2, 0) is 16.1 Å². The van der Waals surface area contributed by atoms with Crippen LogP contribution in [0.3, 0.4) is 0 Å². The lowest BCUT2D eigenvalue weighted by Crippen LogP contribution is -2.18. The number of esters is 1. The van der Waals surface area contributed by atoms with Crippen molar-refractivity contribution in [2.45, 2.75) is 19.9 Å². The number of carbonyl (C=O) groups excluding carboxylic acids is 1. The van der Waals surface area contributed by atoms with Crippen LogP contribution in [-0.4, -0.2) is 19.1 Å². The van der Waals surface area contributed by atoms with Gasteiger partial charge in [0.05, 0.1) is 13.0 Å². The van der Waals surface area contributed by atoms with E-state index in [1.165, 1.54) is 4.88 Å². The van der Waals surface area contributed by atoms with E-state index in [-0.39, 0.29) is 18.4 Å². The van der Waals surface area contributed by atoms with Gasteiger partial charge in [-0.05, 0) is 18.4 Å². The number of carbonyl (C=O) groups is 1. The summed E-state index contributed by atoms with van der Waals surface area (Å²) >= 11 is 1.71. The second kappa shape index (κ2) is 8.71. The van der Waals surface area contributed by atoms with Gasteiger partial charge in [0.15, 0.2) is 0 Å². The largest absolute Gasteiger partial charge is 0.466 e. The fourth-order valence-corrected chi connectivity index (χ4v) is 1.72. The van der Waals surface area contributed by atoms with E-state index < -0.39 is 0 Å². The van der Waals surface area contributed by atoms with E-state index in [2.05, 4.69) is 11.4 Å². The Morgan fingerprint density at radius 1 is 1.60 bits per heavy atom. The highest BCUT2D eigenvalue weighted by Crippen LogP contribution is 2.07. The van der Waals surface area contributed by atoms with Gasteiger partial charge in [-0.3, -0.25) is 4.79 Å². The van der Waals surface area contributed by atoms with Crippen LogP contribution in [0.4, 0.5) is 0 Å². The van der Waals surface area contributed by atoms with Gasteiger partial charge in [-0.1, -0.05) is 6.07 Å². The Bertz CT molecular complexity index is 264. The number of ether oxygens (including phenoxy) is 1. The quantitative estimate of drug-likeness (QED) is 0.621. The maximum absolute atomic E-state index is 10.9. The van der Waals surface area contributed by atoms with Crippen LogP contribution in [0.2, 0.25) is 0 Å². The Kier molecular flexibility index (Phi) is 8.37.